The second kappa shape index (κ2) is 7.70. The molecule has 0 amide bonds. The Hall–Kier alpha value is -0.560. The first-order valence-corrected chi connectivity index (χ1v) is 6.30. The third-order valence-corrected chi connectivity index (χ3v) is 2.95. The molecular weight excluding hydrogens is 184 g/mol. The van der Waals surface area contributed by atoms with Gasteiger partial charge in [-0.3, -0.25) is 0 Å². The van der Waals surface area contributed by atoms with Gasteiger partial charge < -0.3 is 4.74 Å². The summed E-state index contributed by atoms with van der Waals surface area (Å²) in [6.45, 7) is 5.06. The second-order valence-electron chi connectivity index (χ2n) is 4.20. The first-order chi connectivity index (χ1) is 7.38. The summed E-state index contributed by atoms with van der Waals surface area (Å²) in [5.74, 6) is 0. The van der Waals surface area contributed by atoms with Crippen LogP contribution in [0.2, 0.25) is 0 Å². The minimum atomic E-state index is 0.415. The van der Waals surface area contributed by atoms with E-state index >= 15 is 0 Å². The van der Waals surface area contributed by atoms with Crippen LogP contribution in [-0.4, -0.2) is 12.7 Å². The summed E-state index contributed by atoms with van der Waals surface area (Å²) in [4.78, 5) is 0. The summed E-state index contributed by atoms with van der Waals surface area (Å²) in [5, 5.41) is 0. The van der Waals surface area contributed by atoms with Crippen LogP contribution in [0.5, 0.6) is 0 Å². The van der Waals surface area contributed by atoms with Crippen molar-refractivity contribution in [3.8, 4) is 0 Å². The lowest BCUT2D eigenvalue weighted by Crippen LogP contribution is -2.12. The molecule has 0 bridgehead atoms. The molecule has 1 aliphatic rings. The Balaban J connectivity index is 2.22. The molecule has 0 heterocycles. The maximum absolute atomic E-state index is 5.83. The Morgan fingerprint density at radius 3 is 3.07 bits per heavy atom. The zero-order valence-electron chi connectivity index (χ0n) is 10.2. The van der Waals surface area contributed by atoms with Crippen molar-refractivity contribution in [1.29, 1.82) is 0 Å². The van der Waals surface area contributed by atoms with E-state index in [1.54, 1.807) is 5.57 Å². The van der Waals surface area contributed by atoms with E-state index in [0.717, 1.165) is 6.61 Å². The molecule has 1 atom stereocenters. The molecule has 0 spiro atoms. The van der Waals surface area contributed by atoms with Gasteiger partial charge in [0.25, 0.3) is 0 Å². The van der Waals surface area contributed by atoms with Crippen molar-refractivity contribution < 1.29 is 4.74 Å². The molecule has 1 heteroatoms. The van der Waals surface area contributed by atoms with Crippen LogP contribution in [0.25, 0.3) is 0 Å². The van der Waals surface area contributed by atoms with Crippen molar-refractivity contribution in [2.45, 2.75) is 58.5 Å². The Morgan fingerprint density at radius 2 is 2.33 bits per heavy atom. The molecule has 15 heavy (non-hydrogen) atoms. The first kappa shape index (κ1) is 12.5. The van der Waals surface area contributed by atoms with E-state index in [0.29, 0.717) is 6.10 Å². The lowest BCUT2D eigenvalue weighted by molar-refractivity contribution is 0.0988. The fourth-order valence-electron chi connectivity index (χ4n) is 2.04. The lowest BCUT2D eigenvalue weighted by Gasteiger charge is -2.14. The monoisotopic (exact) mass is 208 g/mol. The summed E-state index contributed by atoms with van der Waals surface area (Å²) in [6.07, 6.45) is 14.6. The smallest absolute Gasteiger partial charge is 0.0792 e. The van der Waals surface area contributed by atoms with Crippen molar-refractivity contribution in [3.63, 3.8) is 0 Å². The van der Waals surface area contributed by atoms with Crippen molar-refractivity contribution in [2.75, 3.05) is 6.61 Å². The van der Waals surface area contributed by atoms with E-state index in [2.05, 4.69) is 25.2 Å². The maximum atomic E-state index is 5.83. The molecule has 0 N–H and O–H groups in total. The molecule has 0 fully saturated rings. The van der Waals surface area contributed by atoms with Crippen LogP contribution in [-0.2, 0) is 4.74 Å². The van der Waals surface area contributed by atoms with Gasteiger partial charge in [0.2, 0.25) is 0 Å². The van der Waals surface area contributed by atoms with Gasteiger partial charge in [0, 0.05) is 0 Å². The lowest BCUT2D eigenvalue weighted by atomic mass is 10.1. The standard InChI is InChI=1S/C14H24O/c1-3-5-7-9-13-10-8-11-14(13)15-12-6-4-2/h4,6,10,14H,3,5,7-9,11-12H2,1-2H3/t14-/m1/s1. The minimum Gasteiger partial charge on any atom is -0.370 e. The van der Waals surface area contributed by atoms with Crippen LogP contribution in [0, 0.1) is 0 Å². The zero-order valence-corrected chi connectivity index (χ0v) is 10.2. The summed E-state index contributed by atoms with van der Waals surface area (Å²) in [6, 6.07) is 0. The Bertz CT molecular complexity index is 215. The molecular formula is C14H24O. The van der Waals surface area contributed by atoms with Gasteiger partial charge in [-0.25, -0.2) is 0 Å². The van der Waals surface area contributed by atoms with Crippen molar-refractivity contribution in [2.24, 2.45) is 0 Å². The predicted molar refractivity (Wildman–Crippen MR) is 66.0 cm³/mol. The van der Waals surface area contributed by atoms with E-state index < -0.39 is 0 Å². The van der Waals surface area contributed by atoms with E-state index in [-0.39, 0.29) is 0 Å². The number of allylic oxidation sites excluding steroid dienone is 2. The van der Waals surface area contributed by atoms with Gasteiger partial charge >= 0.3 is 0 Å². The SMILES string of the molecule is CC=CCO[C@@H]1CCC=C1CCCCC. The molecule has 1 aliphatic carbocycles. The summed E-state index contributed by atoms with van der Waals surface area (Å²) < 4.78 is 5.83. The predicted octanol–water partition coefficient (Wildman–Crippen LogP) is 4.25. The molecule has 0 aromatic rings. The normalized spacial score (nSPS) is 21.2. The van der Waals surface area contributed by atoms with Gasteiger partial charge in [-0.05, 0) is 38.2 Å². The van der Waals surface area contributed by atoms with Gasteiger partial charge in [0.1, 0.15) is 0 Å². The summed E-state index contributed by atoms with van der Waals surface area (Å²) in [7, 11) is 0. The van der Waals surface area contributed by atoms with E-state index in [4.69, 9.17) is 4.74 Å². The second-order valence-corrected chi connectivity index (χ2v) is 4.20. The first-order valence-electron chi connectivity index (χ1n) is 6.30. The van der Waals surface area contributed by atoms with Gasteiger partial charge in [0.15, 0.2) is 0 Å². The molecule has 0 aromatic heterocycles. The fraction of sp³-hybridized carbons (Fsp3) is 0.714. The number of hydrogen-bond donors (Lipinski definition) is 0. The van der Waals surface area contributed by atoms with Crippen LogP contribution in [0.1, 0.15) is 52.4 Å². The number of unbranched alkanes of at least 4 members (excludes halogenated alkanes) is 2. The van der Waals surface area contributed by atoms with Crippen molar-refractivity contribution >= 4 is 0 Å². The molecule has 0 unspecified atom stereocenters. The van der Waals surface area contributed by atoms with Gasteiger partial charge in [-0.2, -0.15) is 0 Å². The highest BCUT2D eigenvalue weighted by atomic mass is 16.5. The molecule has 1 rings (SSSR count). The molecule has 1 nitrogen and oxygen atoms in total. The molecule has 0 saturated heterocycles. The topological polar surface area (TPSA) is 9.23 Å². The minimum absolute atomic E-state index is 0.415. The highest BCUT2D eigenvalue weighted by Crippen LogP contribution is 2.26. The molecule has 0 saturated carbocycles. The van der Waals surface area contributed by atoms with Crippen LogP contribution < -0.4 is 0 Å². The summed E-state index contributed by atoms with van der Waals surface area (Å²) >= 11 is 0. The highest BCUT2D eigenvalue weighted by molar-refractivity contribution is 5.14. The average Bonchev–Trinajstić information content (AvgIpc) is 2.67. The van der Waals surface area contributed by atoms with E-state index in [1.807, 2.05) is 6.92 Å². The Labute approximate surface area is 94.2 Å². The molecule has 0 aromatic carbocycles. The third-order valence-electron chi connectivity index (χ3n) is 2.95. The van der Waals surface area contributed by atoms with Crippen LogP contribution >= 0.6 is 0 Å². The van der Waals surface area contributed by atoms with Crippen LogP contribution in [0.15, 0.2) is 23.8 Å². The Kier molecular flexibility index (Phi) is 6.42. The van der Waals surface area contributed by atoms with Crippen LogP contribution in [0.4, 0.5) is 0 Å². The largest absolute Gasteiger partial charge is 0.370 e. The van der Waals surface area contributed by atoms with Gasteiger partial charge in [-0.1, -0.05) is 38.0 Å². The number of rotatable bonds is 7. The van der Waals surface area contributed by atoms with Gasteiger partial charge in [0.05, 0.1) is 12.7 Å². The van der Waals surface area contributed by atoms with Crippen LogP contribution in [0.3, 0.4) is 0 Å². The number of ether oxygens (including phenoxy) is 1. The molecule has 86 valence electrons. The molecule has 0 radical (unpaired) electrons. The van der Waals surface area contributed by atoms with E-state index in [9.17, 15) is 0 Å². The number of hydrogen-bond acceptors (Lipinski definition) is 1. The van der Waals surface area contributed by atoms with Crippen molar-refractivity contribution in [1.82, 2.24) is 0 Å². The van der Waals surface area contributed by atoms with E-state index in [1.165, 1.54) is 38.5 Å². The molecule has 0 aliphatic heterocycles. The Morgan fingerprint density at radius 1 is 1.47 bits per heavy atom. The third kappa shape index (κ3) is 4.65. The average molecular weight is 208 g/mol. The zero-order chi connectivity index (χ0) is 10.9. The van der Waals surface area contributed by atoms with Crippen molar-refractivity contribution in [3.05, 3.63) is 23.8 Å². The quantitative estimate of drug-likeness (QED) is 0.449. The van der Waals surface area contributed by atoms with Gasteiger partial charge in [-0.15, -0.1) is 0 Å². The fourth-order valence-corrected chi connectivity index (χ4v) is 2.04. The maximum Gasteiger partial charge on any atom is 0.0792 e. The summed E-state index contributed by atoms with van der Waals surface area (Å²) in [5.41, 5.74) is 1.55. The highest BCUT2D eigenvalue weighted by Gasteiger charge is 2.18.